The number of hydrogen-bond acceptors (Lipinski definition) is 4. The van der Waals surface area contributed by atoms with E-state index in [0.29, 0.717) is 11.8 Å². The number of sulfonamides is 1. The van der Waals surface area contributed by atoms with Gasteiger partial charge in [-0.2, -0.15) is 5.10 Å². The smallest absolute Gasteiger partial charge is 0.243 e. The highest BCUT2D eigenvalue weighted by Gasteiger charge is 2.25. The van der Waals surface area contributed by atoms with Crippen LogP contribution in [0.2, 0.25) is 0 Å². The number of nitrogens with zero attached hydrogens (tertiary/aromatic N) is 2. The Kier molecular flexibility index (Phi) is 4.92. The Labute approximate surface area is 149 Å². The van der Waals surface area contributed by atoms with Gasteiger partial charge in [0.15, 0.2) is 0 Å². The van der Waals surface area contributed by atoms with E-state index in [1.807, 2.05) is 19.9 Å². The van der Waals surface area contributed by atoms with Gasteiger partial charge in [-0.05, 0) is 50.2 Å². The van der Waals surface area contributed by atoms with Crippen LogP contribution in [0.4, 0.5) is 8.78 Å². The lowest BCUT2D eigenvalue weighted by Crippen LogP contribution is -2.32. The first-order chi connectivity index (χ1) is 12.3. The van der Waals surface area contributed by atoms with Gasteiger partial charge < -0.3 is 4.42 Å². The molecule has 0 aliphatic carbocycles. The summed E-state index contributed by atoms with van der Waals surface area (Å²) in [7, 11) is -4.26. The van der Waals surface area contributed by atoms with Crippen molar-refractivity contribution in [1.29, 1.82) is 0 Å². The molecule has 0 radical (unpaired) electrons. The highest BCUT2D eigenvalue weighted by molar-refractivity contribution is 7.89. The molecule has 9 heteroatoms. The van der Waals surface area contributed by atoms with E-state index < -0.39 is 32.6 Å². The maximum Gasteiger partial charge on any atom is 0.243 e. The Hall–Kier alpha value is -2.52. The molecule has 0 amide bonds. The largest absolute Gasteiger partial charge is 0.467 e. The molecule has 2 aromatic heterocycles. The Morgan fingerprint density at radius 1 is 1.23 bits per heavy atom. The van der Waals surface area contributed by atoms with Gasteiger partial charge in [-0.3, -0.25) is 4.68 Å². The van der Waals surface area contributed by atoms with Crippen LogP contribution >= 0.6 is 0 Å². The van der Waals surface area contributed by atoms with Crippen molar-refractivity contribution < 1.29 is 21.6 Å². The topological polar surface area (TPSA) is 77.1 Å². The van der Waals surface area contributed by atoms with Crippen molar-refractivity contribution in [1.82, 2.24) is 14.5 Å². The molecule has 1 unspecified atom stereocenters. The lowest BCUT2D eigenvalue weighted by Gasteiger charge is -2.18. The number of aromatic nitrogens is 2. The van der Waals surface area contributed by atoms with Gasteiger partial charge in [0, 0.05) is 12.2 Å². The monoisotopic (exact) mass is 381 g/mol. The number of hydrogen-bond donors (Lipinski definition) is 1. The fraction of sp³-hybridized carbons (Fsp3) is 0.235. The van der Waals surface area contributed by atoms with Gasteiger partial charge in [-0.1, -0.05) is 0 Å². The van der Waals surface area contributed by atoms with E-state index in [2.05, 4.69) is 9.82 Å². The molecule has 138 valence electrons. The maximum atomic E-state index is 13.8. The summed E-state index contributed by atoms with van der Waals surface area (Å²) in [6.45, 7) is 3.50. The molecule has 6 nitrogen and oxygen atoms in total. The number of aryl methyl sites for hydroxylation is 2. The molecule has 3 aromatic rings. The van der Waals surface area contributed by atoms with E-state index in [1.165, 1.54) is 6.26 Å². The van der Waals surface area contributed by atoms with Crippen LogP contribution in [0.1, 0.15) is 23.2 Å². The zero-order valence-electron chi connectivity index (χ0n) is 14.1. The van der Waals surface area contributed by atoms with E-state index in [4.69, 9.17) is 4.42 Å². The molecular formula is C17H17F2N3O3S. The van der Waals surface area contributed by atoms with Crippen LogP contribution in [0.25, 0.3) is 0 Å². The third-order valence-electron chi connectivity index (χ3n) is 3.86. The van der Waals surface area contributed by atoms with Gasteiger partial charge in [-0.15, -0.1) is 0 Å². The first kappa shape index (κ1) is 18.3. The summed E-state index contributed by atoms with van der Waals surface area (Å²) < 4.78 is 61.3. The van der Waals surface area contributed by atoms with Crippen LogP contribution < -0.4 is 4.72 Å². The van der Waals surface area contributed by atoms with Gasteiger partial charge in [0.05, 0.1) is 12.0 Å². The average Bonchev–Trinajstić information content (AvgIpc) is 3.20. The minimum Gasteiger partial charge on any atom is -0.467 e. The lowest BCUT2D eigenvalue weighted by molar-refractivity contribution is 0.396. The van der Waals surface area contributed by atoms with E-state index in [0.717, 1.165) is 23.5 Å². The van der Waals surface area contributed by atoms with Crippen LogP contribution in [0.15, 0.2) is 52.0 Å². The highest BCUT2D eigenvalue weighted by atomic mass is 32.2. The van der Waals surface area contributed by atoms with Crippen LogP contribution in [-0.2, 0) is 10.0 Å². The highest BCUT2D eigenvalue weighted by Crippen LogP contribution is 2.22. The normalized spacial score (nSPS) is 13.1. The van der Waals surface area contributed by atoms with Crippen molar-refractivity contribution >= 4 is 10.0 Å². The zero-order valence-corrected chi connectivity index (χ0v) is 14.9. The first-order valence-corrected chi connectivity index (χ1v) is 9.27. The summed E-state index contributed by atoms with van der Waals surface area (Å²) in [6, 6.07) is 6.90. The molecule has 1 aromatic carbocycles. The Bertz CT molecular complexity index is 1010. The van der Waals surface area contributed by atoms with Gasteiger partial charge in [0.25, 0.3) is 0 Å². The number of nitrogens with one attached hydrogen (secondary N) is 1. The molecule has 1 atom stereocenters. The van der Waals surface area contributed by atoms with Crippen LogP contribution in [0.5, 0.6) is 0 Å². The molecule has 2 heterocycles. The number of benzene rings is 1. The zero-order chi connectivity index (χ0) is 18.9. The van der Waals surface area contributed by atoms with Crippen molar-refractivity contribution in [3.63, 3.8) is 0 Å². The van der Waals surface area contributed by atoms with Gasteiger partial charge >= 0.3 is 0 Å². The van der Waals surface area contributed by atoms with Gasteiger partial charge in [-0.25, -0.2) is 21.9 Å². The molecule has 0 fully saturated rings. The molecule has 0 saturated carbocycles. The summed E-state index contributed by atoms with van der Waals surface area (Å²) in [6.07, 6.45) is 1.47. The third-order valence-corrected chi connectivity index (χ3v) is 5.30. The standard InChI is InChI=1S/C17H17F2N3O3S/c1-11-8-12(2)22(21-11)15(16-4-3-7-25-16)10-20-26(23,24)17-9-13(18)5-6-14(17)19/h3-9,15,20H,10H2,1-2H3. The quantitative estimate of drug-likeness (QED) is 0.712. The Morgan fingerprint density at radius 2 is 2.00 bits per heavy atom. The van der Waals surface area contributed by atoms with E-state index in [9.17, 15) is 17.2 Å². The van der Waals surface area contributed by atoms with Crippen molar-refractivity contribution in [2.24, 2.45) is 0 Å². The van der Waals surface area contributed by atoms with Gasteiger partial charge in [0.1, 0.15) is 28.3 Å². The third kappa shape index (κ3) is 3.68. The Morgan fingerprint density at radius 3 is 2.62 bits per heavy atom. The molecule has 3 rings (SSSR count). The van der Waals surface area contributed by atoms with Crippen LogP contribution in [0.3, 0.4) is 0 Å². The summed E-state index contributed by atoms with van der Waals surface area (Å²) in [5.41, 5.74) is 1.57. The second-order valence-electron chi connectivity index (χ2n) is 5.83. The summed E-state index contributed by atoms with van der Waals surface area (Å²) in [5.74, 6) is -1.38. The van der Waals surface area contributed by atoms with Crippen LogP contribution in [0, 0.1) is 25.5 Å². The van der Waals surface area contributed by atoms with E-state index in [1.54, 1.807) is 16.8 Å². The molecule has 0 aliphatic rings. The second kappa shape index (κ2) is 7.00. The molecule has 1 N–H and O–H groups in total. The number of furan rings is 1. The summed E-state index contributed by atoms with van der Waals surface area (Å²) in [4.78, 5) is -0.746. The predicted octanol–water partition coefficient (Wildman–Crippen LogP) is 2.94. The Balaban J connectivity index is 1.91. The molecule has 26 heavy (non-hydrogen) atoms. The van der Waals surface area contributed by atoms with Crippen molar-refractivity contribution in [3.8, 4) is 0 Å². The van der Waals surface area contributed by atoms with Crippen molar-refractivity contribution in [2.45, 2.75) is 24.8 Å². The fourth-order valence-electron chi connectivity index (χ4n) is 2.70. The van der Waals surface area contributed by atoms with Crippen LogP contribution in [-0.4, -0.2) is 24.7 Å². The van der Waals surface area contributed by atoms with E-state index in [-0.39, 0.29) is 6.54 Å². The summed E-state index contributed by atoms with van der Waals surface area (Å²) in [5, 5.41) is 4.36. The van der Waals surface area contributed by atoms with Gasteiger partial charge in [0.2, 0.25) is 10.0 Å². The molecule has 0 bridgehead atoms. The summed E-state index contributed by atoms with van der Waals surface area (Å²) >= 11 is 0. The minimum absolute atomic E-state index is 0.145. The number of rotatable bonds is 6. The molecular weight excluding hydrogens is 364 g/mol. The molecule has 0 spiro atoms. The minimum atomic E-state index is -4.26. The molecule has 0 saturated heterocycles. The fourth-order valence-corrected chi connectivity index (χ4v) is 3.82. The average molecular weight is 381 g/mol. The maximum absolute atomic E-state index is 13.8. The predicted molar refractivity (Wildman–Crippen MR) is 90.1 cm³/mol. The van der Waals surface area contributed by atoms with E-state index >= 15 is 0 Å². The second-order valence-corrected chi connectivity index (χ2v) is 7.56. The van der Waals surface area contributed by atoms with Crippen molar-refractivity contribution in [2.75, 3.05) is 6.54 Å². The first-order valence-electron chi connectivity index (χ1n) is 7.79. The number of halogens is 2. The SMILES string of the molecule is Cc1cc(C)n(C(CNS(=O)(=O)c2cc(F)ccc2F)c2ccco2)n1. The molecule has 0 aliphatic heterocycles. The lowest BCUT2D eigenvalue weighted by atomic mass is 10.2. The van der Waals surface area contributed by atoms with Crippen molar-refractivity contribution in [3.05, 3.63) is 71.4 Å².